The van der Waals surface area contributed by atoms with Gasteiger partial charge in [0.1, 0.15) is 60.1 Å². The molecule has 11 amide bonds. The van der Waals surface area contributed by atoms with E-state index in [9.17, 15) is 93.0 Å². The predicted molar refractivity (Wildman–Crippen MR) is 382 cm³/mol. The summed E-state index contributed by atoms with van der Waals surface area (Å²) in [7, 11) is 0. The van der Waals surface area contributed by atoms with Crippen LogP contribution in [0.15, 0.2) is 115 Å². The number of para-hydroxylation sites is 1. The van der Waals surface area contributed by atoms with Crippen LogP contribution in [0.25, 0.3) is 10.9 Å². The first-order valence-corrected chi connectivity index (χ1v) is 34.5. The number of hydrogen-bond acceptors (Lipinski definition) is 19. The van der Waals surface area contributed by atoms with Gasteiger partial charge in [-0.15, -0.1) is 0 Å². The lowest BCUT2D eigenvalue weighted by atomic mass is 9.97. The van der Waals surface area contributed by atoms with Gasteiger partial charge >= 0.3 is 11.9 Å². The first-order valence-electron chi connectivity index (χ1n) is 34.5. The van der Waals surface area contributed by atoms with Gasteiger partial charge in [0.05, 0.1) is 38.3 Å². The molecule has 570 valence electrons. The number of carbonyl (C=O) groups excluding carboxylic acids is 11. The monoisotopic (exact) mass is 1460 g/mol. The first-order chi connectivity index (χ1) is 50.0. The van der Waals surface area contributed by atoms with Gasteiger partial charge in [0.25, 0.3) is 0 Å². The number of phenolic OH excluding ortho intramolecular Hbond substituents is 1. The molecular formula is C72H98N14O19. The maximum absolute atomic E-state index is 14.6. The maximum Gasteiger partial charge on any atom is 0.328 e. The Kier molecular flexibility index (Phi) is 34.4. The number of fused-ring (bicyclic) bond motifs is 1. The molecule has 0 aliphatic heterocycles. The summed E-state index contributed by atoms with van der Waals surface area (Å²) in [6, 6.07) is 12.0. The molecule has 0 bridgehead atoms. The van der Waals surface area contributed by atoms with Crippen LogP contribution in [0.3, 0.4) is 0 Å². The molecule has 1 heterocycles. The van der Waals surface area contributed by atoms with Crippen LogP contribution in [0.5, 0.6) is 5.75 Å². The van der Waals surface area contributed by atoms with Crippen LogP contribution in [-0.2, 0) is 88.0 Å². The Balaban J connectivity index is 1.32. The topological polar surface area (TPSA) is 543 Å². The van der Waals surface area contributed by atoms with Crippen LogP contribution >= 0.6 is 0 Å². The number of hydrogen-bond donors (Lipinski definition) is 20. The molecule has 22 N–H and O–H groups in total. The van der Waals surface area contributed by atoms with Crippen LogP contribution in [0.1, 0.15) is 95.4 Å². The van der Waals surface area contributed by atoms with Crippen LogP contribution in [0.4, 0.5) is 0 Å². The number of aromatic hydroxyl groups is 1. The number of aromatic amines is 1. The van der Waals surface area contributed by atoms with E-state index in [0.717, 1.165) is 6.92 Å². The number of unbranched alkanes of at least 4 members (excludes halogenated alkanes) is 1. The number of aliphatic carboxylic acids is 2. The van der Waals surface area contributed by atoms with Crippen LogP contribution in [0, 0.1) is 11.8 Å². The summed E-state index contributed by atoms with van der Waals surface area (Å²) in [5, 5.41) is 88.4. The summed E-state index contributed by atoms with van der Waals surface area (Å²) in [5.41, 5.74) is 14.8. The molecule has 0 fully saturated rings. The van der Waals surface area contributed by atoms with E-state index in [1.165, 1.54) is 31.2 Å². The van der Waals surface area contributed by atoms with Crippen molar-refractivity contribution in [3.05, 3.63) is 138 Å². The van der Waals surface area contributed by atoms with E-state index >= 15 is 0 Å². The molecule has 1 aromatic heterocycles. The third kappa shape index (κ3) is 27.0. The minimum absolute atomic E-state index is 0.0222. The largest absolute Gasteiger partial charge is 0.508 e. The SMILES string of the molecule is CCC(C)C(N)C(=O)NC(Cc1ccccc1)C(=O)NC(Cc1c[nH]c2ccccc12)C(=O)NC(CO)C(=O)NC(CCCCN)C(=O)NC(CC(=O)O)C(=O)NC(C(=O)NCC(=O)NC(Cc1ccc(O)cc1)C(=O)NC(CO)C(=O)NC(Cc1ccccc1)C(=O)NC(C(=O)O)C(C)O)C(C)CC. The van der Waals surface area contributed by atoms with E-state index in [-0.39, 0.29) is 63.2 Å². The molecule has 0 saturated heterocycles. The Morgan fingerprint density at radius 1 is 0.457 bits per heavy atom. The number of benzene rings is 4. The number of nitrogens with one attached hydrogen (secondary N) is 12. The average Bonchev–Trinajstić information content (AvgIpc) is 1.73. The molecular weight excluding hydrogens is 1360 g/mol. The normalized spacial score (nSPS) is 15.2. The summed E-state index contributed by atoms with van der Waals surface area (Å²) in [4.78, 5) is 182. The zero-order valence-corrected chi connectivity index (χ0v) is 59.1. The number of phenols is 1. The molecule has 0 aliphatic rings. The minimum Gasteiger partial charge on any atom is -0.508 e. The summed E-state index contributed by atoms with van der Waals surface area (Å²) in [5.74, 6) is -15.5. The second kappa shape index (κ2) is 42.7. The predicted octanol–water partition coefficient (Wildman–Crippen LogP) is -2.42. The number of nitrogens with two attached hydrogens (primary N) is 2. The lowest BCUT2D eigenvalue weighted by molar-refractivity contribution is -0.145. The van der Waals surface area contributed by atoms with E-state index in [4.69, 9.17) is 11.5 Å². The third-order valence-electron chi connectivity index (χ3n) is 17.6. The van der Waals surface area contributed by atoms with Crippen LogP contribution in [-0.4, -0.2) is 211 Å². The molecule has 33 nitrogen and oxygen atoms in total. The average molecular weight is 1460 g/mol. The molecule has 0 radical (unpaired) electrons. The highest BCUT2D eigenvalue weighted by molar-refractivity contribution is 6.00. The third-order valence-corrected chi connectivity index (χ3v) is 17.6. The lowest BCUT2D eigenvalue weighted by Crippen LogP contribution is -2.61. The number of H-pyrrole nitrogens is 1. The minimum atomic E-state index is -1.95. The highest BCUT2D eigenvalue weighted by atomic mass is 16.4. The molecule has 0 aliphatic carbocycles. The first kappa shape index (κ1) is 84.8. The van der Waals surface area contributed by atoms with E-state index in [0.29, 0.717) is 46.0 Å². The van der Waals surface area contributed by atoms with Crippen molar-refractivity contribution in [2.24, 2.45) is 23.3 Å². The van der Waals surface area contributed by atoms with Gasteiger partial charge in [0.2, 0.25) is 65.0 Å². The second-order valence-electron chi connectivity index (χ2n) is 25.7. The van der Waals surface area contributed by atoms with Gasteiger partial charge in [-0.3, -0.25) is 57.5 Å². The molecule has 14 unspecified atom stereocenters. The Morgan fingerprint density at radius 3 is 1.37 bits per heavy atom. The summed E-state index contributed by atoms with van der Waals surface area (Å²) < 4.78 is 0. The Labute approximate surface area is 606 Å². The number of aromatic nitrogens is 1. The quantitative estimate of drug-likeness (QED) is 0.0181. The number of carboxylic acid groups (broad SMARTS) is 2. The van der Waals surface area contributed by atoms with Crippen molar-refractivity contribution in [1.29, 1.82) is 0 Å². The molecule has 33 heteroatoms. The van der Waals surface area contributed by atoms with E-state index < -0.39 is 182 Å². The highest BCUT2D eigenvalue weighted by Gasteiger charge is 2.38. The summed E-state index contributed by atoms with van der Waals surface area (Å²) in [6.45, 7) is 5.04. The number of rotatable bonds is 44. The van der Waals surface area contributed by atoms with Gasteiger partial charge in [-0.05, 0) is 85.0 Å². The Hall–Kier alpha value is -10.9. The van der Waals surface area contributed by atoms with Crippen molar-refractivity contribution in [1.82, 2.24) is 63.5 Å². The number of aliphatic hydroxyl groups excluding tert-OH is 3. The van der Waals surface area contributed by atoms with Gasteiger partial charge < -0.3 is 106 Å². The summed E-state index contributed by atoms with van der Waals surface area (Å²) >= 11 is 0. The van der Waals surface area contributed by atoms with Crippen LogP contribution in [0.2, 0.25) is 0 Å². The van der Waals surface area contributed by atoms with Crippen molar-refractivity contribution in [3.8, 4) is 5.75 Å². The smallest absolute Gasteiger partial charge is 0.328 e. The summed E-state index contributed by atoms with van der Waals surface area (Å²) in [6.07, 6.45) is -0.764. The van der Waals surface area contributed by atoms with Gasteiger partial charge in [-0.1, -0.05) is 132 Å². The molecule has 5 rings (SSSR count). The zero-order chi connectivity index (χ0) is 77.4. The highest BCUT2D eigenvalue weighted by Crippen LogP contribution is 2.21. The molecule has 5 aromatic rings. The van der Waals surface area contributed by atoms with Crippen molar-refractivity contribution in [2.45, 2.75) is 171 Å². The van der Waals surface area contributed by atoms with Crippen molar-refractivity contribution >= 4 is 87.8 Å². The zero-order valence-electron chi connectivity index (χ0n) is 59.1. The molecule has 0 spiro atoms. The van der Waals surface area contributed by atoms with E-state index in [2.05, 4.69) is 63.5 Å². The van der Waals surface area contributed by atoms with Gasteiger partial charge in [-0.25, -0.2) is 4.79 Å². The fourth-order valence-electron chi connectivity index (χ4n) is 11.0. The number of aliphatic hydroxyl groups is 3. The number of amides is 11. The molecule has 105 heavy (non-hydrogen) atoms. The number of carbonyl (C=O) groups is 13. The van der Waals surface area contributed by atoms with Crippen molar-refractivity contribution < 1.29 is 93.0 Å². The van der Waals surface area contributed by atoms with E-state index in [1.54, 1.807) is 105 Å². The van der Waals surface area contributed by atoms with Gasteiger partial charge in [0, 0.05) is 42.8 Å². The number of carboxylic acids is 2. The van der Waals surface area contributed by atoms with E-state index in [1.807, 2.05) is 6.92 Å². The lowest BCUT2D eigenvalue weighted by Gasteiger charge is -2.28. The second-order valence-corrected chi connectivity index (χ2v) is 25.7. The maximum atomic E-state index is 14.6. The van der Waals surface area contributed by atoms with Gasteiger partial charge in [0.15, 0.2) is 6.04 Å². The van der Waals surface area contributed by atoms with Gasteiger partial charge in [-0.2, -0.15) is 0 Å². The molecule has 0 saturated carbocycles. The van der Waals surface area contributed by atoms with Crippen molar-refractivity contribution in [2.75, 3.05) is 26.3 Å². The Morgan fingerprint density at radius 2 is 0.876 bits per heavy atom. The van der Waals surface area contributed by atoms with Crippen molar-refractivity contribution in [3.63, 3.8) is 0 Å². The molecule has 4 aromatic carbocycles. The fourth-order valence-corrected chi connectivity index (χ4v) is 11.0. The molecule has 14 atom stereocenters. The van der Waals surface area contributed by atoms with Crippen LogP contribution < -0.4 is 70.0 Å². The Bertz CT molecular complexity index is 3750. The fraction of sp³-hybridized carbons (Fsp3) is 0.458. The standard InChI is InChI=1S/C72H98N14O19/c1-6-39(3)59(74)70(102)82-51(30-42-18-10-8-11-19-42)64(96)80-53(33-45-35-75-48-23-15-14-22-47(45)48)65(97)84-55(37-87)68(100)78-49(24-16-17-29-73)62(94)81-54(34-58(92)93)67(99)85-60(40(4)7-2)71(103)76-36-57(91)77-50(32-44-25-27-46(90)28-26-44)63(95)83-56(38-88)69(101)79-52(31-43-20-12-9-13-21-43)66(98)86-61(41(5)89)72(104)105/h8-15,18-23,25-28,35,39-41,49-56,59-61,75,87-90H,6-7,16-17,24,29-34,36-38,73-74H2,1-5H3,(H,76,103)(H,77,91)(H,78,100)(H,79,101)(H,80,96)(H,81,94)(H,82,102)(H,83,95)(H,84,97)(H,85,99)(H,86,98)(H,92,93)(H,104,105).